The molecule has 2 aromatic rings. The Morgan fingerprint density at radius 3 is 1.87 bits per heavy atom. The molecule has 6 rings (SSSR count). The summed E-state index contributed by atoms with van der Waals surface area (Å²) in [6.45, 7) is 5.17. The predicted octanol–water partition coefficient (Wildman–Crippen LogP) is 6.39. The molecule has 0 unspecified atom stereocenters. The molecular formula is C30H41I2N2O3VY-. The van der Waals surface area contributed by atoms with Crippen LogP contribution in [0.25, 0.3) is 0 Å². The minimum Gasteiger partial charge on any atom is -0.493 e. The number of aryl methyl sites for hydroxylation is 2. The molecular weight excluding hydrogens is 830 g/mol. The van der Waals surface area contributed by atoms with Crippen molar-refractivity contribution in [1.29, 1.82) is 0 Å². The Morgan fingerprint density at radius 1 is 0.923 bits per heavy atom. The topological polar surface area (TPSA) is 73.6 Å². The Kier molecular flexibility index (Phi) is 18.3. The number of benzene rings is 2. The summed E-state index contributed by atoms with van der Waals surface area (Å²) in [5.74, 6) is 3.66. The van der Waals surface area contributed by atoms with Crippen LogP contribution in [0.2, 0.25) is 0 Å². The third-order valence-corrected chi connectivity index (χ3v) is 8.02. The molecule has 212 valence electrons. The predicted molar refractivity (Wildman–Crippen MR) is 170 cm³/mol. The van der Waals surface area contributed by atoms with E-state index in [1.54, 1.807) is 5.56 Å². The molecule has 0 aromatic heterocycles. The molecule has 2 aliphatic carbocycles. The molecule has 2 radical (unpaired) electrons. The first-order valence-electron chi connectivity index (χ1n) is 13.5. The monoisotopic (exact) mass is 871 g/mol. The molecule has 3 N–H and O–H groups in total. The fourth-order valence-corrected chi connectivity index (χ4v) is 6.39. The van der Waals surface area contributed by atoms with Crippen LogP contribution in [-0.2, 0) is 81.7 Å². The smallest absolute Gasteiger partial charge is 0.219 e. The Hall–Kier alpha value is 0.618. The molecule has 1 amide bonds. The average Bonchev–Trinajstić information content (AvgIpc) is 3.70. The van der Waals surface area contributed by atoms with Crippen molar-refractivity contribution in [3.63, 3.8) is 0 Å². The summed E-state index contributed by atoms with van der Waals surface area (Å²) < 4.78 is 11.3. The van der Waals surface area contributed by atoms with Crippen molar-refractivity contribution in [2.24, 2.45) is 5.73 Å². The molecule has 2 aromatic carbocycles. The maximum Gasteiger partial charge on any atom is 0.219 e. The molecule has 0 bridgehead atoms. The van der Waals surface area contributed by atoms with Crippen molar-refractivity contribution < 1.29 is 65.5 Å². The maximum absolute atomic E-state index is 11.3. The quantitative estimate of drug-likeness (QED) is 0.261. The van der Waals surface area contributed by atoms with Crippen LogP contribution in [0.15, 0.2) is 24.3 Å². The molecule has 2 heterocycles. The number of hydrogen-bond acceptors (Lipinski definition) is 4. The van der Waals surface area contributed by atoms with Crippen LogP contribution in [0, 0.1) is 4.93 Å². The summed E-state index contributed by atoms with van der Waals surface area (Å²) in [6.07, 6.45) is 9.80. The normalized spacial score (nSPS) is 18.4. The van der Waals surface area contributed by atoms with Gasteiger partial charge in [0.25, 0.3) is 0 Å². The van der Waals surface area contributed by atoms with Crippen molar-refractivity contribution in [3.8, 4) is 11.5 Å². The first kappa shape index (κ1) is 37.6. The number of carbonyl (C=O) groups excluding carboxylic acids is 1. The van der Waals surface area contributed by atoms with Gasteiger partial charge < -0.3 is 43.1 Å². The van der Waals surface area contributed by atoms with E-state index in [1.165, 1.54) is 53.5 Å². The van der Waals surface area contributed by atoms with Crippen LogP contribution < -0.4 is 20.5 Å². The van der Waals surface area contributed by atoms with E-state index in [-0.39, 0.29) is 81.1 Å². The summed E-state index contributed by atoms with van der Waals surface area (Å²) in [5.41, 5.74) is 14.7. The largest absolute Gasteiger partial charge is 0.493 e. The fourth-order valence-electron chi connectivity index (χ4n) is 6.39. The fraction of sp³-hybridized carbons (Fsp3) is 0.533. The SMILES string of the molecule is CCC(=O)NCC[C@@H]1CCc2ccc3c(c21)CCO3.I.NCC[C@@H]1CCc2ccc3c(c21)CCO3.[CH2-]I.[V].[Y]. The zero-order chi connectivity index (χ0) is 25.5. The second-order valence-electron chi connectivity index (χ2n) is 9.97. The van der Waals surface area contributed by atoms with E-state index >= 15 is 0 Å². The summed E-state index contributed by atoms with van der Waals surface area (Å²) >= 11 is 1.90. The first-order chi connectivity index (χ1) is 17.7. The van der Waals surface area contributed by atoms with Gasteiger partial charge in [-0.2, -0.15) is 0 Å². The minimum absolute atomic E-state index is 0. The molecule has 2 atom stereocenters. The van der Waals surface area contributed by atoms with Gasteiger partial charge in [-0.1, -0.05) is 19.1 Å². The molecule has 39 heavy (non-hydrogen) atoms. The van der Waals surface area contributed by atoms with Gasteiger partial charge in [-0.25, -0.2) is 0 Å². The average molecular weight is 871 g/mol. The minimum atomic E-state index is 0. The number of halogens is 2. The number of amides is 1. The van der Waals surface area contributed by atoms with Crippen LogP contribution in [-0.4, -0.2) is 32.2 Å². The number of rotatable bonds is 6. The zero-order valence-corrected chi connectivity index (χ0v) is 31.7. The Labute approximate surface area is 302 Å². The van der Waals surface area contributed by atoms with E-state index in [4.69, 9.17) is 15.2 Å². The van der Waals surface area contributed by atoms with E-state index in [1.807, 2.05) is 29.5 Å². The van der Waals surface area contributed by atoms with Gasteiger partial charge in [0.1, 0.15) is 11.5 Å². The summed E-state index contributed by atoms with van der Waals surface area (Å²) in [4.78, 5) is 14.5. The second-order valence-corrected chi connectivity index (χ2v) is 9.97. The number of nitrogens with one attached hydrogen (secondary N) is 1. The van der Waals surface area contributed by atoms with Gasteiger partial charge in [0, 0.05) is 88.2 Å². The van der Waals surface area contributed by atoms with E-state index in [2.05, 4.69) is 34.5 Å². The zero-order valence-electron chi connectivity index (χ0n) is 23.0. The van der Waals surface area contributed by atoms with Crippen molar-refractivity contribution >= 4 is 52.5 Å². The molecule has 2 aliphatic heterocycles. The van der Waals surface area contributed by atoms with Crippen LogP contribution in [0.5, 0.6) is 11.5 Å². The third-order valence-electron chi connectivity index (χ3n) is 8.02. The molecule has 0 saturated heterocycles. The van der Waals surface area contributed by atoms with Gasteiger partial charge >= 0.3 is 0 Å². The van der Waals surface area contributed by atoms with E-state index < -0.39 is 0 Å². The van der Waals surface area contributed by atoms with Gasteiger partial charge in [0.05, 0.1) is 13.2 Å². The van der Waals surface area contributed by atoms with Gasteiger partial charge in [-0.3, -0.25) is 9.73 Å². The van der Waals surface area contributed by atoms with Gasteiger partial charge in [0.15, 0.2) is 0 Å². The number of carbonyl (C=O) groups is 1. The number of hydrogen-bond donors (Lipinski definition) is 2. The summed E-state index contributed by atoms with van der Waals surface area (Å²) in [5, 5.41) is 2.99. The summed E-state index contributed by atoms with van der Waals surface area (Å²) in [7, 11) is 0. The second kappa shape index (κ2) is 19.0. The standard InChI is InChI=1S/C16H21NO2.C13H17NO.CH2I.HI.V.Y/c1-2-15(18)17-9-7-12-4-3-11-5-6-14-13(16(11)12)8-10-19-14;14-7-5-10-2-1-9-3-4-12-11(13(9)10)6-8-15-12;1-2;;;/h5-6,12H,2-4,7-10H2,1H3,(H,17,18);3-4,10H,1-2,5-8,14H2;1H2;1H;;/q;;-1;;;/t12-;10-;;;;/m00..../s1. The molecule has 0 spiro atoms. The van der Waals surface area contributed by atoms with E-state index in [0.29, 0.717) is 18.3 Å². The third kappa shape index (κ3) is 9.06. The number of ether oxygens (including phenoxy) is 2. The van der Waals surface area contributed by atoms with Crippen LogP contribution in [0.4, 0.5) is 0 Å². The van der Waals surface area contributed by atoms with Crippen molar-refractivity contribution in [2.75, 3.05) is 26.3 Å². The van der Waals surface area contributed by atoms with Crippen molar-refractivity contribution in [1.82, 2.24) is 5.32 Å². The molecule has 0 fully saturated rings. The van der Waals surface area contributed by atoms with Crippen molar-refractivity contribution in [2.45, 2.75) is 76.5 Å². The Bertz CT molecular complexity index is 1070. The van der Waals surface area contributed by atoms with Crippen LogP contribution in [0.3, 0.4) is 0 Å². The van der Waals surface area contributed by atoms with Crippen molar-refractivity contribution in [3.05, 3.63) is 62.6 Å². The summed E-state index contributed by atoms with van der Waals surface area (Å²) in [6, 6.07) is 8.74. The van der Waals surface area contributed by atoms with Crippen LogP contribution in [0.1, 0.15) is 84.2 Å². The van der Waals surface area contributed by atoms with Gasteiger partial charge in [0.2, 0.25) is 5.91 Å². The first-order valence-corrected chi connectivity index (χ1v) is 15.0. The number of nitrogens with two attached hydrogens (primary N) is 1. The number of fused-ring (bicyclic) bond motifs is 6. The molecule has 0 saturated carbocycles. The molecule has 5 nitrogen and oxygen atoms in total. The van der Waals surface area contributed by atoms with E-state index in [0.717, 1.165) is 63.5 Å². The molecule has 4 aliphatic rings. The Morgan fingerprint density at radius 2 is 1.41 bits per heavy atom. The van der Waals surface area contributed by atoms with Gasteiger partial charge in [-0.05, 0) is 91.3 Å². The van der Waals surface area contributed by atoms with Gasteiger partial charge in [-0.15, -0.1) is 24.0 Å². The maximum atomic E-state index is 11.3. The van der Waals surface area contributed by atoms with Crippen LogP contribution >= 0.6 is 46.6 Å². The Balaban J connectivity index is 0.000000348. The van der Waals surface area contributed by atoms with E-state index in [9.17, 15) is 4.79 Å². The molecule has 9 heteroatoms.